The number of benzene rings is 2. The summed E-state index contributed by atoms with van der Waals surface area (Å²) in [5, 5.41) is 5.11. The predicted molar refractivity (Wildman–Crippen MR) is 132 cm³/mol. The Bertz CT molecular complexity index is 1380. The van der Waals surface area contributed by atoms with Crippen molar-refractivity contribution in [2.45, 2.75) is 18.6 Å². The highest BCUT2D eigenvalue weighted by Gasteiger charge is 2.15. The number of thiophene rings is 1. The minimum atomic E-state index is -0.233. The lowest BCUT2D eigenvalue weighted by molar-refractivity contribution is -0.113. The van der Waals surface area contributed by atoms with Gasteiger partial charge in [0.25, 0.3) is 5.56 Å². The van der Waals surface area contributed by atoms with Gasteiger partial charge >= 0.3 is 0 Å². The molecular formula is C24H21N3O4S2. The molecule has 1 amide bonds. The van der Waals surface area contributed by atoms with E-state index in [-0.39, 0.29) is 23.0 Å². The molecular weight excluding hydrogens is 458 g/mol. The molecule has 0 radical (unpaired) electrons. The SMILES string of the molecule is COc1cccc(Cn2c(SCC(=O)Nc3ccc(C(C)=O)cc3)nc3ccsc3c2=O)c1. The van der Waals surface area contributed by atoms with Gasteiger partial charge in [-0.05, 0) is 60.3 Å². The average molecular weight is 480 g/mol. The number of hydrogen-bond acceptors (Lipinski definition) is 7. The van der Waals surface area contributed by atoms with Gasteiger partial charge in [0.15, 0.2) is 10.9 Å². The molecule has 7 nitrogen and oxygen atoms in total. The van der Waals surface area contributed by atoms with Gasteiger partial charge in [0.05, 0.1) is 24.9 Å². The Morgan fingerprint density at radius 3 is 2.67 bits per heavy atom. The largest absolute Gasteiger partial charge is 0.497 e. The zero-order valence-electron chi connectivity index (χ0n) is 18.0. The second kappa shape index (κ2) is 10.0. The lowest BCUT2D eigenvalue weighted by Crippen LogP contribution is -2.24. The number of carbonyl (C=O) groups is 2. The van der Waals surface area contributed by atoms with Crippen LogP contribution in [0.25, 0.3) is 10.2 Å². The van der Waals surface area contributed by atoms with Gasteiger partial charge in [0.2, 0.25) is 5.91 Å². The molecule has 2 heterocycles. The van der Waals surface area contributed by atoms with Crippen LogP contribution in [0.2, 0.25) is 0 Å². The third-order valence-corrected chi connectivity index (χ3v) is 6.78. The van der Waals surface area contributed by atoms with Crippen molar-refractivity contribution in [3.05, 3.63) is 81.5 Å². The van der Waals surface area contributed by atoms with Gasteiger partial charge in [-0.1, -0.05) is 23.9 Å². The molecule has 4 aromatic rings. The fraction of sp³-hybridized carbons (Fsp3) is 0.167. The molecule has 2 aromatic carbocycles. The Balaban J connectivity index is 1.54. The minimum absolute atomic E-state index is 0.0349. The van der Waals surface area contributed by atoms with E-state index >= 15 is 0 Å². The highest BCUT2D eigenvalue weighted by atomic mass is 32.2. The third kappa shape index (κ3) is 5.32. The van der Waals surface area contributed by atoms with E-state index in [1.54, 1.807) is 42.0 Å². The summed E-state index contributed by atoms with van der Waals surface area (Å²) >= 11 is 2.55. The van der Waals surface area contributed by atoms with Crippen LogP contribution in [-0.2, 0) is 11.3 Å². The van der Waals surface area contributed by atoms with Gasteiger partial charge in [-0.3, -0.25) is 19.0 Å². The van der Waals surface area contributed by atoms with Crippen LogP contribution in [0.3, 0.4) is 0 Å². The van der Waals surface area contributed by atoms with Crippen molar-refractivity contribution in [3.63, 3.8) is 0 Å². The van der Waals surface area contributed by atoms with Crippen LogP contribution >= 0.6 is 23.1 Å². The van der Waals surface area contributed by atoms with Gasteiger partial charge in [-0.25, -0.2) is 4.98 Å². The Morgan fingerprint density at radius 1 is 1.15 bits per heavy atom. The molecule has 2 aromatic heterocycles. The summed E-state index contributed by atoms with van der Waals surface area (Å²) in [6.07, 6.45) is 0. The second-order valence-electron chi connectivity index (χ2n) is 7.24. The molecule has 0 atom stereocenters. The zero-order chi connectivity index (χ0) is 23.4. The van der Waals surface area contributed by atoms with E-state index in [9.17, 15) is 14.4 Å². The Hall–Kier alpha value is -3.43. The maximum Gasteiger partial charge on any atom is 0.272 e. The molecule has 0 saturated heterocycles. The number of Topliss-reactive ketones (excluding diaryl/α,β-unsaturated/α-hetero) is 1. The predicted octanol–water partition coefficient (Wildman–Crippen LogP) is 4.45. The zero-order valence-corrected chi connectivity index (χ0v) is 19.7. The fourth-order valence-corrected chi connectivity index (χ4v) is 4.82. The first-order valence-electron chi connectivity index (χ1n) is 10.1. The topological polar surface area (TPSA) is 90.3 Å². The summed E-state index contributed by atoms with van der Waals surface area (Å²) in [4.78, 5) is 41.7. The lowest BCUT2D eigenvalue weighted by atomic mass is 10.1. The molecule has 1 N–H and O–H groups in total. The van der Waals surface area contributed by atoms with Crippen LogP contribution in [0.1, 0.15) is 22.8 Å². The molecule has 0 fully saturated rings. The number of fused-ring (bicyclic) bond motifs is 1. The normalized spacial score (nSPS) is 10.8. The first-order valence-corrected chi connectivity index (χ1v) is 12.0. The van der Waals surface area contributed by atoms with E-state index in [2.05, 4.69) is 10.3 Å². The number of aromatic nitrogens is 2. The minimum Gasteiger partial charge on any atom is -0.497 e. The monoisotopic (exact) mass is 479 g/mol. The van der Waals surface area contributed by atoms with Crippen LogP contribution in [0, 0.1) is 0 Å². The number of hydrogen-bond donors (Lipinski definition) is 1. The van der Waals surface area contributed by atoms with Gasteiger partial charge in [0.1, 0.15) is 10.4 Å². The highest BCUT2D eigenvalue weighted by molar-refractivity contribution is 7.99. The molecule has 33 heavy (non-hydrogen) atoms. The summed E-state index contributed by atoms with van der Waals surface area (Å²) < 4.78 is 7.46. The van der Waals surface area contributed by atoms with Crippen molar-refractivity contribution in [1.82, 2.24) is 9.55 Å². The van der Waals surface area contributed by atoms with Crippen molar-refractivity contribution in [1.29, 1.82) is 0 Å². The van der Waals surface area contributed by atoms with Crippen molar-refractivity contribution in [2.75, 3.05) is 18.2 Å². The number of ketones is 1. The number of carbonyl (C=O) groups excluding carboxylic acids is 2. The quantitative estimate of drug-likeness (QED) is 0.228. The Labute approximate surface area is 198 Å². The van der Waals surface area contributed by atoms with Crippen LogP contribution in [0.15, 0.2) is 69.9 Å². The van der Waals surface area contributed by atoms with Gasteiger partial charge in [0, 0.05) is 11.3 Å². The van der Waals surface area contributed by atoms with E-state index < -0.39 is 0 Å². The number of thioether (sulfide) groups is 1. The molecule has 0 aliphatic rings. The first kappa shape index (κ1) is 22.8. The van der Waals surface area contributed by atoms with E-state index in [0.717, 1.165) is 5.56 Å². The standard InChI is InChI=1S/C24H21N3O4S2/c1-15(28)17-6-8-18(9-7-17)25-21(29)14-33-24-26-20-10-11-32-22(20)23(30)27(24)13-16-4-3-5-19(12-16)31-2/h3-12H,13-14H2,1-2H3,(H,25,29). The molecule has 0 unspecified atom stereocenters. The molecule has 4 rings (SSSR count). The lowest BCUT2D eigenvalue weighted by Gasteiger charge is -2.13. The fourth-order valence-electron chi connectivity index (χ4n) is 3.24. The molecule has 168 valence electrons. The molecule has 9 heteroatoms. The summed E-state index contributed by atoms with van der Waals surface area (Å²) in [5.74, 6) is 0.514. The number of nitrogens with zero attached hydrogens (tertiary/aromatic N) is 2. The summed E-state index contributed by atoms with van der Waals surface area (Å²) in [7, 11) is 1.60. The molecule has 0 saturated carbocycles. The maximum atomic E-state index is 13.2. The van der Waals surface area contributed by atoms with Crippen LogP contribution < -0.4 is 15.6 Å². The van der Waals surface area contributed by atoms with Crippen molar-refractivity contribution < 1.29 is 14.3 Å². The number of rotatable bonds is 8. The number of anilines is 1. The van der Waals surface area contributed by atoms with Gasteiger partial charge in [-0.15, -0.1) is 11.3 Å². The third-order valence-electron chi connectivity index (χ3n) is 4.91. The van der Waals surface area contributed by atoms with Crippen LogP contribution in [0.5, 0.6) is 5.75 Å². The molecule has 0 bridgehead atoms. The number of nitrogens with one attached hydrogen (secondary N) is 1. The molecule has 0 aliphatic carbocycles. The van der Waals surface area contributed by atoms with Gasteiger partial charge in [-0.2, -0.15) is 0 Å². The van der Waals surface area contributed by atoms with E-state index in [1.165, 1.54) is 30.0 Å². The number of amides is 1. The molecule has 0 spiro atoms. The van der Waals surface area contributed by atoms with Crippen molar-refractivity contribution >= 4 is 50.7 Å². The van der Waals surface area contributed by atoms with E-state index in [1.807, 2.05) is 29.6 Å². The second-order valence-corrected chi connectivity index (χ2v) is 9.10. The first-order chi connectivity index (χ1) is 15.9. The van der Waals surface area contributed by atoms with Crippen LogP contribution in [0.4, 0.5) is 5.69 Å². The average Bonchev–Trinajstić information content (AvgIpc) is 3.29. The summed E-state index contributed by atoms with van der Waals surface area (Å²) in [5.41, 5.74) is 2.55. The van der Waals surface area contributed by atoms with Gasteiger partial charge < -0.3 is 10.1 Å². The number of ether oxygens (including phenoxy) is 1. The highest BCUT2D eigenvalue weighted by Crippen LogP contribution is 2.23. The van der Waals surface area contributed by atoms with E-state index in [0.29, 0.717) is 38.9 Å². The van der Waals surface area contributed by atoms with Crippen molar-refractivity contribution in [2.24, 2.45) is 0 Å². The Kier molecular flexibility index (Phi) is 6.90. The molecule has 0 aliphatic heterocycles. The van der Waals surface area contributed by atoms with Crippen LogP contribution in [-0.4, -0.2) is 34.1 Å². The smallest absolute Gasteiger partial charge is 0.272 e. The summed E-state index contributed by atoms with van der Waals surface area (Å²) in [6.45, 7) is 1.81. The van der Waals surface area contributed by atoms with E-state index in [4.69, 9.17) is 4.74 Å². The number of methoxy groups -OCH3 is 1. The summed E-state index contributed by atoms with van der Waals surface area (Å²) in [6, 6.07) is 16.0. The Morgan fingerprint density at radius 2 is 1.94 bits per heavy atom. The van der Waals surface area contributed by atoms with Crippen molar-refractivity contribution in [3.8, 4) is 5.75 Å². The maximum absolute atomic E-state index is 13.2.